The van der Waals surface area contributed by atoms with E-state index in [0.29, 0.717) is 43.4 Å². The van der Waals surface area contributed by atoms with E-state index in [-0.39, 0.29) is 24.0 Å². The Balaban J connectivity index is 1.53. The number of alkyl halides is 2. The van der Waals surface area contributed by atoms with Crippen LogP contribution in [0.3, 0.4) is 0 Å². The second-order valence-corrected chi connectivity index (χ2v) is 6.97. The van der Waals surface area contributed by atoms with Gasteiger partial charge in [-0.15, -0.1) is 0 Å². The summed E-state index contributed by atoms with van der Waals surface area (Å²) in [6.07, 6.45) is -2.65. The van der Waals surface area contributed by atoms with Crippen LogP contribution < -0.4 is 0 Å². The molecule has 0 atom stereocenters. The second-order valence-electron chi connectivity index (χ2n) is 6.56. The molecule has 0 bridgehead atoms. The van der Waals surface area contributed by atoms with E-state index in [0.717, 1.165) is 5.56 Å². The van der Waals surface area contributed by atoms with Crippen molar-refractivity contribution in [3.05, 3.63) is 52.1 Å². The first-order valence-electron chi connectivity index (χ1n) is 8.60. The number of carbonyl (C=O) groups is 1. The number of benzene rings is 1. The number of piperazine rings is 1. The van der Waals surface area contributed by atoms with E-state index in [1.54, 1.807) is 17.9 Å². The van der Waals surface area contributed by atoms with Gasteiger partial charge in [0.25, 0.3) is 6.43 Å². The third-order valence-corrected chi connectivity index (χ3v) is 4.99. The first-order valence-corrected chi connectivity index (χ1v) is 8.98. The summed E-state index contributed by atoms with van der Waals surface area (Å²) in [4.78, 5) is 16.3. The number of aromatic nitrogens is 2. The van der Waals surface area contributed by atoms with Crippen molar-refractivity contribution in [3.8, 4) is 0 Å². The van der Waals surface area contributed by atoms with Crippen molar-refractivity contribution in [1.29, 1.82) is 0 Å². The van der Waals surface area contributed by atoms with Gasteiger partial charge in [-0.25, -0.2) is 13.2 Å². The number of aryl methyl sites for hydroxylation is 1. The van der Waals surface area contributed by atoms with Gasteiger partial charge in [-0.1, -0.05) is 17.7 Å². The lowest BCUT2D eigenvalue weighted by atomic mass is 10.2. The lowest BCUT2D eigenvalue weighted by Gasteiger charge is -2.35. The van der Waals surface area contributed by atoms with Crippen molar-refractivity contribution in [2.24, 2.45) is 0 Å². The molecule has 3 rings (SSSR count). The Kier molecular flexibility index (Phi) is 6.06. The molecular formula is C18H20ClF3N4O. The SMILES string of the molecule is Cc1cc(C(F)F)nn1CC(=O)N1CCN(Cc2ccc(F)cc2Cl)CC1. The zero-order valence-corrected chi connectivity index (χ0v) is 15.6. The maximum atomic E-state index is 13.1. The zero-order valence-electron chi connectivity index (χ0n) is 14.8. The largest absolute Gasteiger partial charge is 0.339 e. The van der Waals surface area contributed by atoms with Crippen LogP contribution in [0, 0.1) is 12.7 Å². The first-order chi connectivity index (χ1) is 12.8. The fourth-order valence-electron chi connectivity index (χ4n) is 3.08. The summed E-state index contributed by atoms with van der Waals surface area (Å²) >= 11 is 6.06. The third-order valence-electron chi connectivity index (χ3n) is 4.64. The van der Waals surface area contributed by atoms with Crippen molar-refractivity contribution in [2.75, 3.05) is 26.2 Å². The van der Waals surface area contributed by atoms with Crippen LogP contribution in [0.4, 0.5) is 13.2 Å². The van der Waals surface area contributed by atoms with Crippen molar-refractivity contribution in [1.82, 2.24) is 19.6 Å². The van der Waals surface area contributed by atoms with Crippen molar-refractivity contribution in [2.45, 2.75) is 26.4 Å². The molecule has 1 aliphatic rings. The van der Waals surface area contributed by atoms with Gasteiger partial charge >= 0.3 is 0 Å². The molecule has 5 nitrogen and oxygen atoms in total. The summed E-state index contributed by atoms with van der Waals surface area (Å²) in [5, 5.41) is 4.18. The summed E-state index contributed by atoms with van der Waals surface area (Å²) in [5.41, 5.74) is 1.05. The fraction of sp³-hybridized carbons (Fsp3) is 0.444. The van der Waals surface area contributed by atoms with E-state index in [2.05, 4.69) is 10.00 Å². The van der Waals surface area contributed by atoms with Crippen LogP contribution in [0.15, 0.2) is 24.3 Å². The normalized spacial score (nSPS) is 15.6. The minimum absolute atomic E-state index is 0.0532. The molecule has 146 valence electrons. The highest BCUT2D eigenvalue weighted by atomic mass is 35.5. The summed E-state index contributed by atoms with van der Waals surface area (Å²) in [5.74, 6) is -0.524. The number of hydrogen-bond acceptors (Lipinski definition) is 3. The maximum absolute atomic E-state index is 13.1. The van der Waals surface area contributed by atoms with Crippen LogP contribution in [-0.4, -0.2) is 51.7 Å². The monoisotopic (exact) mass is 400 g/mol. The van der Waals surface area contributed by atoms with Gasteiger partial charge in [0.05, 0.1) is 0 Å². The van der Waals surface area contributed by atoms with E-state index in [1.165, 1.54) is 22.9 Å². The molecule has 1 aliphatic heterocycles. The molecule has 0 saturated carbocycles. The Bertz CT molecular complexity index is 819. The van der Waals surface area contributed by atoms with E-state index in [4.69, 9.17) is 11.6 Å². The van der Waals surface area contributed by atoms with Crippen molar-refractivity contribution in [3.63, 3.8) is 0 Å². The van der Waals surface area contributed by atoms with Gasteiger partial charge in [0.15, 0.2) is 0 Å². The molecule has 0 radical (unpaired) electrons. The molecular weight excluding hydrogens is 381 g/mol. The minimum atomic E-state index is -2.65. The average molecular weight is 401 g/mol. The van der Waals surface area contributed by atoms with Crippen LogP contribution in [0.25, 0.3) is 0 Å². The smallest absolute Gasteiger partial charge is 0.282 e. The minimum Gasteiger partial charge on any atom is -0.339 e. The summed E-state index contributed by atoms with van der Waals surface area (Å²) in [6.45, 7) is 4.54. The van der Waals surface area contributed by atoms with Gasteiger partial charge in [-0.3, -0.25) is 14.4 Å². The predicted molar refractivity (Wildman–Crippen MR) is 95.2 cm³/mol. The molecule has 0 unspecified atom stereocenters. The number of halogens is 4. The summed E-state index contributed by atoms with van der Waals surface area (Å²) in [6, 6.07) is 5.62. The van der Waals surface area contributed by atoms with Gasteiger partial charge in [0.2, 0.25) is 5.91 Å². The van der Waals surface area contributed by atoms with Crippen LogP contribution in [0.5, 0.6) is 0 Å². The van der Waals surface area contributed by atoms with Gasteiger partial charge in [-0.05, 0) is 30.7 Å². The Morgan fingerprint density at radius 2 is 1.93 bits per heavy atom. The molecule has 1 aromatic carbocycles. The Morgan fingerprint density at radius 3 is 2.52 bits per heavy atom. The van der Waals surface area contributed by atoms with Gasteiger partial charge in [0, 0.05) is 43.4 Å². The summed E-state index contributed by atoms with van der Waals surface area (Å²) < 4.78 is 39.9. The van der Waals surface area contributed by atoms with Crippen LogP contribution in [-0.2, 0) is 17.9 Å². The number of rotatable bonds is 5. The molecule has 0 spiro atoms. The lowest BCUT2D eigenvalue weighted by Crippen LogP contribution is -2.49. The summed E-state index contributed by atoms with van der Waals surface area (Å²) in [7, 11) is 0. The molecule has 1 fully saturated rings. The van der Waals surface area contributed by atoms with E-state index < -0.39 is 6.43 Å². The second kappa shape index (κ2) is 8.31. The molecule has 1 amide bonds. The number of nitrogens with zero attached hydrogens (tertiary/aromatic N) is 4. The van der Waals surface area contributed by atoms with Crippen LogP contribution >= 0.6 is 11.6 Å². The standard InChI is InChI=1S/C18H20ClF3N4O/c1-12-8-16(18(21)22)23-26(12)11-17(27)25-6-4-24(5-7-25)10-13-2-3-14(20)9-15(13)19/h2-3,8-9,18H,4-7,10-11H2,1H3. The third kappa shape index (κ3) is 4.81. The Morgan fingerprint density at radius 1 is 1.22 bits per heavy atom. The van der Waals surface area contributed by atoms with Gasteiger partial charge < -0.3 is 4.90 Å². The Labute approximate surface area is 160 Å². The predicted octanol–water partition coefficient (Wildman–Crippen LogP) is 3.27. The molecule has 9 heteroatoms. The molecule has 1 aromatic heterocycles. The molecule has 2 heterocycles. The van der Waals surface area contributed by atoms with Gasteiger partial charge in [0.1, 0.15) is 18.1 Å². The highest BCUT2D eigenvalue weighted by Gasteiger charge is 2.23. The Hall–Kier alpha value is -2.06. The molecule has 27 heavy (non-hydrogen) atoms. The number of hydrogen-bond donors (Lipinski definition) is 0. The zero-order chi connectivity index (χ0) is 19.6. The number of carbonyl (C=O) groups excluding carboxylic acids is 1. The molecule has 1 saturated heterocycles. The van der Waals surface area contributed by atoms with Crippen LogP contribution in [0.2, 0.25) is 5.02 Å². The topological polar surface area (TPSA) is 41.4 Å². The van der Waals surface area contributed by atoms with Crippen molar-refractivity contribution < 1.29 is 18.0 Å². The molecule has 0 N–H and O–H groups in total. The molecule has 0 aliphatic carbocycles. The fourth-order valence-corrected chi connectivity index (χ4v) is 3.30. The van der Waals surface area contributed by atoms with E-state index >= 15 is 0 Å². The number of amides is 1. The van der Waals surface area contributed by atoms with Crippen LogP contribution in [0.1, 0.15) is 23.4 Å². The quantitative estimate of drug-likeness (QED) is 0.773. The highest BCUT2D eigenvalue weighted by molar-refractivity contribution is 6.31. The van der Waals surface area contributed by atoms with E-state index in [1.807, 2.05) is 0 Å². The first kappa shape index (κ1) is 19.7. The highest BCUT2D eigenvalue weighted by Crippen LogP contribution is 2.20. The van der Waals surface area contributed by atoms with E-state index in [9.17, 15) is 18.0 Å². The van der Waals surface area contributed by atoms with Gasteiger partial charge in [-0.2, -0.15) is 5.10 Å². The maximum Gasteiger partial charge on any atom is 0.282 e. The lowest BCUT2D eigenvalue weighted by molar-refractivity contribution is -0.133. The molecule has 2 aromatic rings. The average Bonchev–Trinajstić information content (AvgIpc) is 2.99. The van der Waals surface area contributed by atoms with Crippen molar-refractivity contribution >= 4 is 17.5 Å².